The first-order valence-electron chi connectivity index (χ1n) is 6.07. The molecule has 1 saturated carbocycles. The second kappa shape index (κ2) is 4.84. The van der Waals surface area contributed by atoms with Crippen LogP contribution >= 0.6 is 0 Å². The van der Waals surface area contributed by atoms with Crippen molar-refractivity contribution in [3.05, 3.63) is 0 Å². The van der Waals surface area contributed by atoms with Gasteiger partial charge < -0.3 is 16.0 Å². The van der Waals surface area contributed by atoms with Crippen molar-refractivity contribution >= 4 is 6.03 Å². The first-order valence-corrected chi connectivity index (χ1v) is 6.07. The minimum Gasteiger partial charge on any atom is -0.336 e. The number of rotatable bonds is 3. The van der Waals surface area contributed by atoms with E-state index < -0.39 is 0 Å². The zero-order chi connectivity index (χ0) is 10.7. The fourth-order valence-corrected chi connectivity index (χ4v) is 2.90. The number of carbonyl (C=O) groups excluding carboxylic acids is 1. The molecule has 4 nitrogen and oxygen atoms in total. The Balaban J connectivity index is 1.97. The standard InChI is InChI=1S/C11H21N3O/c12-6-7-14-10(8-13-11(14)15)9-4-2-1-3-5-9/h9-10H,1-8,12H2,(H,13,15). The minimum atomic E-state index is 0.0797. The molecule has 1 unspecified atom stereocenters. The first-order chi connectivity index (χ1) is 7.33. The van der Waals surface area contributed by atoms with Gasteiger partial charge in [0.05, 0.1) is 6.04 Å². The summed E-state index contributed by atoms with van der Waals surface area (Å²) in [7, 11) is 0. The summed E-state index contributed by atoms with van der Waals surface area (Å²) < 4.78 is 0. The van der Waals surface area contributed by atoms with Crippen LogP contribution in [-0.4, -0.2) is 36.6 Å². The van der Waals surface area contributed by atoms with Crippen LogP contribution in [0.4, 0.5) is 4.79 Å². The van der Waals surface area contributed by atoms with Crippen LogP contribution in [0.5, 0.6) is 0 Å². The summed E-state index contributed by atoms with van der Waals surface area (Å²) in [6.45, 7) is 2.09. The van der Waals surface area contributed by atoms with Crippen LogP contribution in [0.3, 0.4) is 0 Å². The highest BCUT2D eigenvalue weighted by Gasteiger charge is 2.35. The Labute approximate surface area is 91.2 Å². The van der Waals surface area contributed by atoms with E-state index >= 15 is 0 Å². The monoisotopic (exact) mass is 211 g/mol. The highest BCUT2D eigenvalue weighted by Crippen LogP contribution is 2.30. The van der Waals surface area contributed by atoms with Gasteiger partial charge in [-0.25, -0.2) is 4.79 Å². The second-order valence-electron chi connectivity index (χ2n) is 4.63. The fraction of sp³-hybridized carbons (Fsp3) is 0.909. The number of nitrogens with one attached hydrogen (secondary N) is 1. The molecule has 3 N–H and O–H groups in total. The van der Waals surface area contributed by atoms with Gasteiger partial charge in [-0.2, -0.15) is 0 Å². The highest BCUT2D eigenvalue weighted by atomic mass is 16.2. The van der Waals surface area contributed by atoms with Crippen molar-refractivity contribution in [3.8, 4) is 0 Å². The highest BCUT2D eigenvalue weighted by molar-refractivity contribution is 5.76. The SMILES string of the molecule is NCCN1C(=O)NCC1C1CCCCC1. The van der Waals surface area contributed by atoms with Crippen LogP contribution in [0.1, 0.15) is 32.1 Å². The van der Waals surface area contributed by atoms with Crippen molar-refractivity contribution in [1.29, 1.82) is 0 Å². The van der Waals surface area contributed by atoms with E-state index in [1.807, 2.05) is 4.90 Å². The van der Waals surface area contributed by atoms with Gasteiger partial charge in [0, 0.05) is 19.6 Å². The number of amides is 2. The third-order valence-electron chi connectivity index (χ3n) is 3.69. The van der Waals surface area contributed by atoms with E-state index in [0.29, 0.717) is 25.0 Å². The molecule has 15 heavy (non-hydrogen) atoms. The lowest BCUT2D eigenvalue weighted by atomic mass is 9.83. The van der Waals surface area contributed by atoms with Gasteiger partial charge in [-0.3, -0.25) is 0 Å². The van der Waals surface area contributed by atoms with Crippen LogP contribution in [0.2, 0.25) is 0 Å². The molecule has 0 radical (unpaired) electrons. The molecule has 2 fully saturated rings. The predicted octanol–water partition coefficient (Wildman–Crippen LogP) is 0.919. The molecule has 86 valence electrons. The molecule has 2 amide bonds. The molecule has 0 aromatic rings. The molecule has 1 saturated heterocycles. The Kier molecular flexibility index (Phi) is 3.46. The molecule has 1 aliphatic carbocycles. The zero-order valence-corrected chi connectivity index (χ0v) is 9.24. The largest absolute Gasteiger partial charge is 0.336 e. The second-order valence-corrected chi connectivity index (χ2v) is 4.63. The summed E-state index contributed by atoms with van der Waals surface area (Å²) in [5.74, 6) is 0.698. The van der Waals surface area contributed by atoms with E-state index in [1.54, 1.807) is 0 Å². The topological polar surface area (TPSA) is 58.4 Å². The van der Waals surface area contributed by atoms with Gasteiger partial charge in [0.1, 0.15) is 0 Å². The summed E-state index contributed by atoms with van der Waals surface area (Å²) in [5, 5.41) is 2.93. The average Bonchev–Trinajstić information content (AvgIpc) is 2.63. The normalized spacial score (nSPS) is 28.2. The Bertz CT molecular complexity index is 226. The average molecular weight is 211 g/mol. The number of nitrogens with zero attached hydrogens (tertiary/aromatic N) is 1. The molecule has 1 atom stereocenters. The van der Waals surface area contributed by atoms with E-state index in [-0.39, 0.29) is 6.03 Å². The van der Waals surface area contributed by atoms with Gasteiger partial charge in [-0.05, 0) is 18.8 Å². The molecule has 2 rings (SSSR count). The summed E-state index contributed by atoms with van der Waals surface area (Å²) in [6.07, 6.45) is 6.57. The number of hydrogen-bond donors (Lipinski definition) is 2. The van der Waals surface area contributed by atoms with Crippen LogP contribution in [-0.2, 0) is 0 Å². The molecule has 2 aliphatic rings. The van der Waals surface area contributed by atoms with Crippen LogP contribution in [0.15, 0.2) is 0 Å². The number of urea groups is 1. The fourth-order valence-electron chi connectivity index (χ4n) is 2.90. The summed E-state index contributed by atoms with van der Waals surface area (Å²) in [4.78, 5) is 13.5. The quantitative estimate of drug-likeness (QED) is 0.729. The van der Waals surface area contributed by atoms with Gasteiger partial charge in [-0.1, -0.05) is 19.3 Å². The van der Waals surface area contributed by atoms with Gasteiger partial charge in [0.2, 0.25) is 0 Å². The minimum absolute atomic E-state index is 0.0797. The lowest BCUT2D eigenvalue weighted by molar-refractivity contribution is 0.168. The lowest BCUT2D eigenvalue weighted by Gasteiger charge is -2.32. The summed E-state index contributed by atoms with van der Waals surface area (Å²) in [5.41, 5.74) is 5.54. The van der Waals surface area contributed by atoms with Crippen LogP contribution < -0.4 is 11.1 Å². The van der Waals surface area contributed by atoms with Crippen molar-refractivity contribution in [2.24, 2.45) is 11.7 Å². The molecule has 0 spiro atoms. The van der Waals surface area contributed by atoms with Crippen LogP contribution in [0, 0.1) is 5.92 Å². The van der Waals surface area contributed by atoms with Crippen molar-refractivity contribution in [2.75, 3.05) is 19.6 Å². The lowest BCUT2D eigenvalue weighted by Crippen LogP contribution is -2.42. The maximum Gasteiger partial charge on any atom is 0.317 e. The van der Waals surface area contributed by atoms with Gasteiger partial charge >= 0.3 is 6.03 Å². The summed E-state index contributed by atoms with van der Waals surface area (Å²) >= 11 is 0. The maximum atomic E-state index is 11.6. The molecule has 1 aliphatic heterocycles. The van der Waals surface area contributed by atoms with E-state index in [1.165, 1.54) is 32.1 Å². The number of hydrogen-bond acceptors (Lipinski definition) is 2. The van der Waals surface area contributed by atoms with Crippen LogP contribution in [0.25, 0.3) is 0 Å². The molecule has 0 bridgehead atoms. The number of carbonyl (C=O) groups is 1. The Morgan fingerprint density at radius 1 is 1.33 bits per heavy atom. The van der Waals surface area contributed by atoms with Crippen molar-refractivity contribution in [1.82, 2.24) is 10.2 Å². The predicted molar refractivity (Wildman–Crippen MR) is 59.5 cm³/mol. The summed E-state index contributed by atoms with van der Waals surface area (Å²) in [6, 6.07) is 0.484. The maximum absolute atomic E-state index is 11.6. The molecular weight excluding hydrogens is 190 g/mol. The molecule has 0 aromatic heterocycles. The third kappa shape index (κ3) is 2.25. The van der Waals surface area contributed by atoms with E-state index in [0.717, 1.165) is 6.54 Å². The van der Waals surface area contributed by atoms with Crippen molar-refractivity contribution in [2.45, 2.75) is 38.1 Å². The molecule has 0 aromatic carbocycles. The van der Waals surface area contributed by atoms with Gasteiger partial charge in [0.15, 0.2) is 0 Å². The Hall–Kier alpha value is -0.770. The first kappa shape index (κ1) is 10.7. The van der Waals surface area contributed by atoms with Crippen molar-refractivity contribution < 1.29 is 4.79 Å². The Morgan fingerprint density at radius 2 is 2.07 bits per heavy atom. The molecule has 4 heteroatoms. The molecule has 1 heterocycles. The van der Waals surface area contributed by atoms with Crippen molar-refractivity contribution in [3.63, 3.8) is 0 Å². The number of nitrogens with two attached hydrogens (primary N) is 1. The van der Waals surface area contributed by atoms with Gasteiger partial charge in [0.25, 0.3) is 0 Å². The van der Waals surface area contributed by atoms with Gasteiger partial charge in [-0.15, -0.1) is 0 Å². The third-order valence-corrected chi connectivity index (χ3v) is 3.69. The Morgan fingerprint density at radius 3 is 2.73 bits per heavy atom. The zero-order valence-electron chi connectivity index (χ0n) is 9.24. The van der Waals surface area contributed by atoms with E-state index in [2.05, 4.69) is 5.32 Å². The van der Waals surface area contributed by atoms with E-state index in [9.17, 15) is 4.79 Å². The smallest absolute Gasteiger partial charge is 0.317 e. The van der Waals surface area contributed by atoms with E-state index in [4.69, 9.17) is 5.73 Å². The molecular formula is C11H21N3O.